The van der Waals surface area contributed by atoms with Gasteiger partial charge in [-0.15, -0.1) is 0 Å². The Balaban J connectivity index is 1.07. The maximum atomic E-state index is 15.9. The highest BCUT2D eigenvalue weighted by atomic mass is 17.2. The molecule has 12 aliphatic rings. The Bertz CT molecular complexity index is 3180. The fourth-order valence-electron chi connectivity index (χ4n) is 17.8. The molecule has 0 N–H and O–H groups in total. The summed E-state index contributed by atoms with van der Waals surface area (Å²) in [6.07, 6.45) is 14.4. The summed E-state index contributed by atoms with van der Waals surface area (Å²) >= 11 is 0. The average molecular weight is 1060 g/mol. The molecule has 4 aliphatic heterocycles. The first-order valence-corrected chi connectivity index (χ1v) is 30.1. The van der Waals surface area contributed by atoms with Crippen molar-refractivity contribution in [2.24, 2.45) is 40.9 Å². The number of rotatable bonds is 5. The Morgan fingerprint density at radius 3 is 1.28 bits per heavy atom. The fourth-order valence-corrected chi connectivity index (χ4v) is 17.8. The van der Waals surface area contributed by atoms with Gasteiger partial charge < -0.3 is 18.9 Å². The minimum Gasteiger partial charge on any atom is -0.407 e. The monoisotopic (exact) mass is 1060 g/mol. The molecule has 408 valence electrons. The molecule has 6 aromatic rings. The van der Waals surface area contributed by atoms with E-state index in [1.54, 1.807) is 0 Å². The van der Waals surface area contributed by atoms with Crippen LogP contribution in [0.3, 0.4) is 0 Å². The first kappa shape index (κ1) is 50.2. The van der Waals surface area contributed by atoms with Crippen LogP contribution in [-0.2, 0) is 53.2 Å². The van der Waals surface area contributed by atoms with Crippen molar-refractivity contribution in [3.8, 4) is 56.3 Å². The summed E-state index contributed by atoms with van der Waals surface area (Å²) in [5.41, 5.74) is 12.5. The normalized spacial score (nSPS) is 31.6. The Kier molecular flexibility index (Phi) is 11.3. The molecule has 0 atom stereocenters. The SMILES string of the molecule is CC12COC(c3cc4[n+](C(=O)OCc5ccccc5)c(c3)-c3ccccc3-c3cc(C(C)(C)C)cc(C56CC7CC(CC(C7)C5)C6)c3OOc3c(cc(C(C)(C)C)cc3C35CC6CC(CC(C6)C3)C5)-c3ccccc3-4)(OC1)OC2. The van der Waals surface area contributed by atoms with Gasteiger partial charge in [0.1, 0.15) is 6.61 Å². The number of benzene rings is 5. The minimum absolute atomic E-state index is 0.0729. The van der Waals surface area contributed by atoms with Gasteiger partial charge in [0.05, 0.1) is 36.5 Å². The van der Waals surface area contributed by atoms with Crippen molar-refractivity contribution in [2.75, 3.05) is 19.8 Å². The summed E-state index contributed by atoms with van der Waals surface area (Å²) in [7, 11) is 0. The zero-order valence-corrected chi connectivity index (χ0v) is 47.6. The third-order valence-electron chi connectivity index (χ3n) is 21.0. The van der Waals surface area contributed by atoms with Crippen LogP contribution in [0.1, 0.15) is 159 Å². The molecule has 8 saturated carbocycles. The summed E-state index contributed by atoms with van der Waals surface area (Å²) in [4.78, 5) is 31.2. The van der Waals surface area contributed by atoms with E-state index in [-0.39, 0.29) is 33.7 Å². The quantitative estimate of drug-likeness (QED) is 0.126. The number of carbonyl (C=O) groups is 1. The number of aromatic nitrogens is 1. The first-order valence-electron chi connectivity index (χ1n) is 30.1. The van der Waals surface area contributed by atoms with Crippen LogP contribution in [0.5, 0.6) is 11.5 Å². The molecule has 18 rings (SSSR count). The molecule has 79 heavy (non-hydrogen) atoms. The van der Waals surface area contributed by atoms with Crippen LogP contribution in [0.2, 0.25) is 0 Å². The molecule has 5 heterocycles. The van der Waals surface area contributed by atoms with Crippen LogP contribution < -0.4 is 14.3 Å². The molecule has 0 unspecified atom stereocenters. The maximum Gasteiger partial charge on any atom is 0.603 e. The number of hydrogen-bond acceptors (Lipinski definition) is 7. The summed E-state index contributed by atoms with van der Waals surface area (Å²) in [5, 5.41) is 0. The molecule has 8 heteroatoms. The lowest BCUT2D eigenvalue weighted by molar-refractivity contribution is -0.564. The summed E-state index contributed by atoms with van der Waals surface area (Å²) in [6, 6.07) is 41.0. The second kappa shape index (κ2) is 17.8. The minimum atomic E-state index is -1.51. The third kappa shape index (κ3) is 8.29. The van der Waals surface area contributed by atoms with Crippen molar-refractivity contribution in [2.45, 2.75) is 160 Å². The van der Waals surface area contributed by atoms with Gasteiger partial charge in [-0.1, -0.05) is 132 Å². The largest absolute Gasteiger partial charge is 0.603 e. The van der Waals surface area contributed by atoms with E-state index in [9.17, 15) is 0 Å². The van der Waals surface area contributed by atoms with Crippen molar-refractivity contribution in [1.82, 2.24) is 0 Å². The van der Waals surface area contributed by atoms with Crippen molar-refractivity contribution in [3.63, 3.8) is 0 Å². The molecule has 8 aliphatic carbocycles. The van der Waals surface area contributed by atoms with Gasteiger partial charge >= 0.3 is 12.1 Å². The van der Waals surface area contributed by atoms with Crippen molar-refractivity contribution >= 4 is 6.09 Å². The number of hydrogen-bond donors (Lipinski definition) is 0. The molecule has 3 saturated heterocycles. The van der Waals surface area contributed by atoms with Crippen LogP contribution in [0, 0.1) is 40.9 Å². The second-order valence-corrected chi connectivity index (χ2v) is 29.1. The molecular weight excluding hydrogens is 979 g/mol. The van der Waals surface area contributed by atoms with Gasteiger partial charge in [-0.05, 0) is 186 Å². The lowest BCUT2D eigenvalue weighted by Gasteiger charge is -2.57. The fraction of sp³-hybridized carbons (Fsp3) is 0.493. The molecule has 0 radical (unpaired) electrons. The van der Waals surface area contributed by atoms with Gasteiger partial charge in [-0.3, -0.25) is 9.78 Å². The number of fused-ring (bicyclic) bond motifs is 13. The van der Waals surface area contributed by atoms with E-state index in [2.05, 4.69) is 133 Å². The van der Waals surface area contributed by atoms with E-state index in [1.165, 1.54) is 60.8 Å². The molecular formula is C71H78NO7+. The van der Waals surface area contributed by atoms with E-state index in [0.717, 1.165) is 89.0 Å². The molecule has 8 nitrogen and oxygen atoms in total. The van der Waals surface area contributed by atoms with Gasteiger partial charge in [0.25, 0.3) is 0 Å². The Morgan fingerprint density at radius 2 is 0.886 bits per heavy atom. The Hall–Kier alpha value is -5.80. The maximum absolute atomic E-state index is 15.9. The highest BCUT2D eigenvalue weighted by Crippen LogP contribution is 2.65. The number of pyridine rings is 1. The van der Waals surface area contributed by atoms with Crippen molar-refractivity contribution < 1.29 is 38.1 Å². The molecule has 12 bridgehead atoms. The first-order chi connectivity index (χ1) is 37.9. The van der Waals surface area contributed by atoms with E-state index in [0.29, 0.717) is 72.3 Å². The number of ether oxygens (including phenoxy) is 4. The molecule has 0 amide bonds. The zero-order chi connectivity index (χ0) is 53.8. The second-order valence-electron chi connectivity index (χ2n) is 29.1. The van der Waals surface area contributed by atoms with Crippen molar-refractivity contribution in [1.29, 1.82) is 0 Å². The molecule has 1 aromatic heterocycles. The lowest BCUT2D eigenvalue weighted by atomic mass is 9.47. The van der Waals surface area contributed by atoms with Crippen LogP contribution >= 0.6 is 0 Å². The van der Waals surface area contributed by atoms with Crippen LogP contribution in [-0.4, -0.2) is 25.9 Å². The number of carbonyl (C=O) groups excluding carboxylic acids is 1. The Labute approximate surface area is 467 Å². The zero-order valence-electron chi connectivity index (χ0n) is 47.6. The standard InChI is InChI=1S/C71H78NO7/c1-66(2,3)50-27-57-53-17-11-13-19-55(53)61-31-52(71-75-40-68(7,41-76-71)42-77-71)32-62(72(61)65(73)74-39-43-15-9-8-10-16-43)56-20-14-12-18-54(56)58-28-51(67(4,5)6)30-60(70-36-47-24-48(37-70)26-49(25-47)38-70)64(58)79-78-63(57)59(29-50)69-33-44-21-45(34-69)23-46(22-44)35-69/h8-20,27-32,44-49H,21-26,33-42H2,1-7H3/q+1. The number of nitrogens with zero attached hydrogens (tertiary/aromatic N) is 1. The van der Waals surface area contributed by atoms with Gasteiger partial charge in [-0.2, -0.15) is 4.79 Å². The molecule has 0 spiro atoms. The predicted octanol–water partition coefficient (Wildman–Crippen LogP) is 16.2. The van der Waals surface area contributed by atoms with Gasteiger partial charge in [-0.25, -0.2) is 0 Å². The average Bonchev–Trinajstić information content (AvgIpc) is 3.64. The van der Waals surface area contributed by atoms with Crippen LogP contribution in [0.15, 0.2) is 115 Å². The van der Waals surface area contributed by atoms with E-state index < -0.39 is 12.1 Å². The van der Waals surface area contributed by atoms with Crippen molar-refractivity contribution in [3.05, 3.63) is 149 Å². The van der Waals surface area contributed by atoms with E-state index in [1.807, 2.05) is 34.9 Å². The predicted molar refractivity (Wildman–Crippen MR) is 306 cm³/mol. The summed E-state index contributed by atoms with van der Waals surface area (Å²) < 4.78 is 28.7. The van der Waals surface area contributed by atoms with E-state index in [4.69, 9.17) is 28.7 Å². The van der Waals surface area contributed by atoms with Crippen LogP contribution in [0.4, 0.5) is 4.79 Å². The van der Waals surface area contributed by atoms with E-state index >= 15 is 4.79 Å². The van der Waals surface area contributed by atoms with Gasteiger partial charge in [0, 0.05) is 39.8 Å². The molecule has 11 fully saturated rings. The summed E-state index contributed by atoms with van der Waals surface area (Å²) in [6.45, 7) is 17.7. The lowest BCUT2D eigenvalue weighted by Crippen LogP contribution is -2.57. The van der Waals surface area contributed by atoms with Gasteiger partial charge in [0.2, 0.25) is 11.4 Å². The topological polar surface area (TPSA) is 76.3 Å². The molecule has 5 aromatic carbocycles. The smallest absolute Gasteiger partial charge is 0.407 e. The highest BCUT2D eigenvalue weighted by molar-refractivity contribution is 5.90. The van der Waals surface area contributed by atoms with Gasteiger partial charge in [0.15, 0.2) is 11.5 Å². The Morgan fingerprint density at radius 1 is 0.506 bits per heavy atom. The van der Waals surface area contributed by atoms with Crippen LogP contribution in [0.25, 0.3) is 44.8 Å². The highest BCUT2D eigenvalue weighted by Gasteiger charge is 2.57. The third-order valence-corrected chi connectivity index (χ3v) is 21.0. The summed E-state index contributed by atoms with van der Waals surface area (Å²) in [5.74, 6) is 4.26.